The molecule has 5 nitrogen and oxygen atoms in total. The van der Waals surface area contributed by atoms with Crippen molar-refractivity contribution in [1.82, 2.24) is 0 Å². The number of carbonyl (C=O) groups excluding carboxylic acids is 1. The van der Waals surface area contributed by atoms with E-state index in [0.29, 0.717) is 17.0 Å². The average molecular weight is 267 g/mol. The van der Waals surface area contributed by atoms with E-state index in [2.05, 4.69) is 5.32 Å². The maximum absolute atomic E-state index is 11.3. The van der Waals surface area contributed by atoms with Gasteiger partial charge in [-0.25, -0.2) is 0 Å². The highest BCUT2D eigenvalue weighted by molar-refractivity contribution is 8.00. The molecule has 3 N–H and O–H groups in total. The first-order valence-electron chi connectivity index (χ1n) is 5.40. The quantitative estimate of drug-likeness (QED) is 0.771. The van der Waals surface area contributed by atoms with Gasteiger partial charge in [0.1, 0.15) is 0 Å². The fourth-order valence-corrected chi connectivity index (χ4v) is 2.60. The summed E-state index contributed by atoms with van der Waals surface area (Å²) in [5, 5.41) is 21.6. The molecule has 1 aliphatic heterocycles. The second kappa shape index (κ2) is 4.62. The molecule has 0 aromatic heterocycles. The Hall–Kier alpha value is -1.53. The van der Waals surface area contributed by atoms with E-state index in [1.807, 2.05) is 0 Å². The number of carboxylic acids is 1. The number of anilines is 1. The minimum atomic E-state index is -1.45. The lowest BCUT2D eigenvalue weighted by molar-refractivity contribution is -0.142. The van der Waals surface area contributed by atoms with Gasteiger partial charge in [-0.05, 0) is 24.6 Å². The lowest BCUT2D eigenvalue weighted by atomic mass is 9.92. The van der Waals surface area contributed by atoms with E-state index in [9.17, 15) is 14.7 Å². The highest BCUT2D eigenvalue weighted by atomic mass is 32.2. The van der Waals surface area contributed by atoms with Crippen LogP contribution in [0.3, 0.4) is 0 Å². The van der Waals surface area contributed by atoms with Gasteiger partial charge in [0.25, 0.3) is 0 Å². The number of aliphatic hydroxyl groups is 1. The molecule has 0 bridgehead atoms. The Bertz CT molecular complexity index is 513. The smallest absolute Gasteiger partial charge is 0.306 e. The standard InChI is InChI=1S/C12H13NO4S/c1-12(17,5-11(15)16)7-2-3-9-8(4-7)13-10(14)6-18-9/h2-4,17H,5-6H2,1H3,(H,13,14)(H,15,16). The Morgan fingerprint density at radius 2 is 2.28 bits per heavy atom. The molecule has 0 spiro atoms. The highest BCUT2D eigenvalue weighted by Gasteiger charge is 2.28. The first-order valence-corrected chi connectivity index (χ1v) is 6.38. The van der Waals surface area contributed by atoms with Gasteiger partial charge in [-0.2, -0.15) is 0 Å². The molecular formula is C12H13NO4S. The summed E-state index contributed by atoms with van der Waals surface area (Å²) < 4.78 is 0. The van der Waals surface area contributed by atoms with E-state index in [4.69, 9.17) is 5.11 Å². The highest BCUT2D eigenvalue weighted by Crippen LogP contribution is 2.35. The second-order valence-electron chi connectivity index (χ2n) is 4.39. The number of amides is 1. The zero-order valence-electron chi connectivity index (χ0n) is 9.77. The Morgan fingerprint density at radius 1 is 1.56 bits per heavy atom. The van der Waals surface area contributed by atoms with Crippen LogP contribution >= 0.6 is 11.8 Å². The number of fused-ring (bicyclic) bond motifs is 1. The topological polar surface area (TPSA) is 86.6 Å². The molecule has 96 valence electrons. The van der Waals surface area contributed by atoms with Crippen LogP contribution in [0.4, 0.5) is 5.69 Å². The molecule has 6 heteroatoms. The van der Waals surface area contributed by atoms with Crippen LogP contribution in [-0.4, -0.2) is 27.8 Å². The van der Waals surface area contributed by atoms with Gasteiger partial charge in [-0.3, -0.25) is 9.59 Å². The molecule has 1 aromatic carbocycles. The molecule has 0 aliphatic carbocycles. The van der Waals surface area contributed by atoms with Crippen molar-refractivity contribution in [2.75, 3.05) is 11.1 Å². The third-order valence-electron chi connectivity index (χ3n) is 2.73. The van der Waals surface area contributed by atoms with E-state index >= 15 is 0 Å². The summed E-state index contributed by atoms with van der Waals surface area (Å²) in [6.45, 7) is 1.45. The third-order valence-corrected chi connectivity index (χ3v) is 3.80. The van der Waals surface area contributed by atoms with Crippen molar-refractivity contribution in [3.8, 4) is 0 Å². The summed E-state index contributed by atoms with van der Waals surface area (Å²) in [4.78, 5) is 22.9. The number of carbonyl (C=O) groups is 2. The van der Waals surface area contributed by atoms with E-state index in [-0.39, 0.29) is 12.3 Å². The van der Waals surface area contributed by atoms with E-state index < -0.39 is 11.6 Å². The number of aliphatic carboxylic acids is 1. The first kappa shape index (κ1) is 12.9. The van der Waals surface area contributed by atoms with Gasteiger partial charge < -0.3 is 15.5 Å². The minimum Gasteiger partial charge on any atom is -0.481 e. The van der Waals surface area contributed by atoms with E-state index in [1.54, 1.807) is 18.2 Å². The fraction of sp³-hybridized carbons (Fsp3) is 0.333. The summed E-state index contributed by atoms with van der Waals surface area (Å²) in [6, 6.07) is 5.10. The van der Waals surface area contributed by atoms with Crippen molar-refractivity contribution in [3.63, 3.8) is 0 Å². The predicted molar refractivity (Wildman–Crippen MR) is 67.6 cm³/mol. The molecule has 1 aromatic rings. The summed E-state index contributed by atoms with van der Waals surface area (Å²) in [7, 11) is 0. The van der Waals surface area contributed by atoms with E-state index in [0.717, 1.165) is 4.90 Å². The van der Waals surface area contributed by atoms with Crippen LogP contribution in [0.25, 0.3) is 0 Å². The molecule has 0 radical (unpaired) electrons. The summed E-state index contributed by atoms with van der Waals surface area (Å²) >= 11 is 1.42. The normalized spacial score (nSPS) is 17.6. The molecule has 18 heavy (non-hydrogen) atoms. The van der Waals surface area contributed by atoms with Gasteiger partial charge in [-0.1, -0.05) is 6.07 Å². The monoisotopic (exact) mass is 267 g/mol. The molecular weight excluding hydrogens is 254 g/mol. The zero-order chi connectivity index (χ0) is 13.3. The summed E-state index contributed by atoms with van der Waals surface area (Å²) in [5.74, 6) is -0.795. The first-order chi connectivity index (χ1) is 8.38. The van der Waals surface area contributed by atoms with Gasteiger partial charge in [0.15, 0.2) is 0 Å². The molecule has 0 fully saturated rings. The van der Waals surface area contributed by atoms with Crippen LogP contribution in [0.5, 0.6) is 0 Å². The minimum absolute atomic E-state index is 0.0949. The lowest BCUT2D eigenvalue weighted by Gasteiger charge is -2.24. The molecule has 1 heterocycles. The van der Waals surface area contributed by atoms with Crippen LogP contribution in [0.15, 0.2) is 23.1 Å². The lowest BCUT2D eigenvalue weighted by Crippen LogP contribution is -2.26. The van der Waals surface area contributed by atoms with Gasteiger partial charge in [0.05, 0.1) is 23.5 Å². The number of nitrogens with one attached hydrogen (secondary N) is 1. The molecule has 0 saturated carbocycles. The Labute approximate surface area is 108 Å². The summed E-state index contributed by atoms with van der Waals surface area (Å²) in [6.07, 6.45) is -0.382. The molecule has 0 saturated heterocycles. The average Bonchev–Trinajstić information content (AvgIpc) is 2.26. The number of hydrogen-bond acceptors (Lipinski definition) is 4. The molecule has 2 rings (SSSR count). The van der Waals surface area contributed by atoms with E-state index in [1.165, 1.54) is 18.7 Å². The second-order valence-corrected chi connectivity index (χ2v) is 5.41. The van der Waals surface area contributed by atoms with Crippen molar-refractivity contribution in [3.05, 3.63) is 23.8 Å². The maximum Gasteiger partial charge on any atom is 0.306 e. The SMILES string of the molecule is CC(O)(CC(=O)O)c1ccc2c(c1)NC(=O)CS2. The van der Waals surface area contributed by atoms with Crippen molar-refractivity contribution in [2.45, 2.75) is 23.8 Å². The number of carboxylic acid groups (broad SMARTS) is 1. The van der Waals surface area contributed by atoms with Gasteiger partial charge in [-0.15, -0.1) is 11.8 Å². The van der Waals surface area contributed by atoms with Crippen LogP contribution < -0.4 is 5.32 Å². The third kappa shape index (κ3) is 2.65. The molecule has 1 amide bonds. The fourth-order valence-electron chi connectivity index (χ4n) is 1.81. The zero-order valence-corrected chi connectivity index (χ0v) is 10.6. The Morgan fingerprint density at radius 3 is 2.94 bits per heavy atom. The van der Waals surface area contributed by atoms with Crippen molar-refractivity contribution in [2.24, 2.45) is 0 Å². The van der Waals surface area contributed by atoms with Crippen molar-refractivity contribution in [1.29, 1.82) is 0 Å². The van der Waals surface area contributed by atoms with Gasteiger partial charge in [0, 0.05) is 4.90 Å². The predicted octanol–water partition coefficient (Wildman–Crippen LogP) is 1.41. The Balaban J connectivity index is 2.33. The van der Waals surface area contributed by atoms with Crippen molar-refractivity contribution >= 4 is 29.3 Å². The number of rotatable bonds is 3. The number of thioether (sulfide) groups is 1. The Kier molecular flexibility index (Phi) is 3.32. The largest absolute Gasteiger partial charge is 0.481 e. The molecule has 1 aliphatic rings. The summed E-state index contributed by atoms with van der Waals surface area (Å²) in [5.41, 5.74) is -0.348. The van der Waals surface area contributed by atoms with Gasteiger partial charge in [0.2, 0.25) is 5.91 Å². The van der Waals surface area contributed by atoms with Gasteiger partial charge >= 0.3 is 5.97 Å². The molecule has 1 atom stereocenters. The van der Waals surface area contributed by atoms with Crippen LogP contribution in [-0.2, 0) is 15.2 Å². The van der Waals surface area contributed by atoms with Crippen molar-refractivity contribution < 1.29 is 19.8 Å². The number of benzene rings is 1. The molecule has 1 unspecified atom stereocenters. The van der Waals surface area contributed by atoms with Crippen LogP contribution in [0, 0.1) is 0 Å². The van der Waals surface area contributed by atoms with Crippen LogP contribution in [0.1, 0.15) is 18.9 Å². The number of hydrogen-bond donors (Lipinski definition) is 3. The van der Waals surface area contributed by atoms with Crippen LogP contribution in [0.2, 0.25) is 0 Å². The maximum atomic E-state index is 11.3.